The lowest BCUT2D eigenvalue weighted by Crippen LogP contribution is -2.48. The first-order valence-electron chi connectivity index (χ1n) is 6.85. The first-order valence-corrected chi connectivity index (χ1v) is 8.74. The highest BCUT2D eigenvalue weighted by Crippen LogP contribution is 2.24. The highest BCUT2D eigenvalue weighted by molar-refractivity contribution is 7.92. The summed E-state index contributed by atoms with van der Waals surface area (Å²) in [5.41, 5.74) is 2.53. The van der Waals surface area contributed by atoms with Gasteiger partial charge in [-0.2, -0.15) is 0 Å². The van der Waals surface area contributed by atoms with Crippen molar-refractivity contribution < 1.29 is 13.2 Å². The van der Waals surface area contributed by atoms with E-state index in [0.29, 0.717) is 5.69 Å². The predicted molar refractivity (Wildman–Crippen MR) is 84.1 cm³/mol. The zero-order chi connectivity index (χ0) is 15.6. The fourth-order valence-corrected chi connectivity index (χ4v) is 3.07. The third-order valence-electron chi connectivity index (χ3n) is 3.60. The molecule has 1 fully saturated rings. The quantitative estimate of drug-likeness (QED) is 0.905. The fourth-order valence-electron chi connectivity index (χ4n) is 2.44. The van der Waals surface area contributed by atoms with Crippen molar-refractivity contribution >= 4 is 27.3 Å². The minimum atomic E-state index is -3.26. The molecule has 2 rings (SSSR count). The number of rotatable bonds is 3. The third kappa shape index (κ3) is 4.10. The second kappa shape index (κ2) is 5.93. The van der Waals surface area contributed by atoms with Crippen LogP contribution < -0.4 is 9.62 Å². The lowest BCUT2D eigenvalue weighted by molar-refractivity contribution is -0.129. The maximum absolute atomic E-state index is 11.3. The van der Waals surface area contributed by atoms with E-state index in [-0.39, 0.29) is 5.91 Å². The van der Waals surface area contributed by atoms with E-state index in [0.717, 1.165) is 43.7 Å². The second-order valence-corrected chi connectivity index (χ2v) is 7.12. The van der Waals surface area contributed by atoms with Crippen LogP contribution in [0.1, 0.15) is 12.5 Å². The Balaban J connectivity index is 2.09. The van der Waals surface area contributed by atoms with Crippen molar-refractivity contribution in [3.05, 3.63) is 23.8 Å². The summed E-state index contributed by atoms with van der Waals surface area (Å²) in [4.78, 5) is 15.4. The van der Waals surface area contributed by atoms with Gasteiger partial charge in [-0.1, -0.05) is 0 Å². The second-order valence-electron chi connectivity index (χ2n) is 5.37. The highest BCUT2D eigenvalue weighted by Gasteiger charge is 2.19. The number of nitrogens with zero attached hydrogens (tertiary/aromatic N) is 2. The molecule has 1 aliphatic heterocycles. The minimum absolute atomic E-state index is 0.110. The van der Waals surface area contributed by atoms with Crippen LogP contribution in [0.4, 0.5) is 11.4 Å². The van der Waals surface area contributed by atoms with E-state index < -0.39 is 10.0 Å². The van der Waals surface area contributed by atoms with E-state index in [2.05, 4.69) is 9.62 Å². The van der Waals surface area contributed by atoms with Crippen LogP contribution in [0.5, 0.6) is 0 Å². The molecule has 1 amide bonds. The summed E-state index contributed by atoms with van der Waals surface area (Å²) in [5, 5.41) is 0. The van der Waals surface area contributed by atoms with E-state index in [1.165, 1.54) is 0 Å². The first kappa shape index (κ1) is 15.6. The van der Waals surface area contributed by atoms with Crippen LogP contribution in [0.25, 0.3) is 0 Å². The number of hydrogen-bond donors (Lipinski definition) is 1. The average molecular weight is 311 g/mol. The number of carbonyl (C=O) groups is 1. The van der Waals surface area contributed by atoms with Gasteiger partial charge in [0, 0.05) is 38.8 Å². The van der Waals surface area contributed by atoms with Crippen molar-refractivity contribution in [2.24, 2.45) is 0 Å². The largest absolute Gasteiger partial charge is 0.368 e. The van der Waals surface area contributed by atoms with Crippen molar-refractivity contribution in [3.63, 3.8) is 0 Å². The molecule has 1 N–H and O–H groups in total. The van der Waals surface area contributed by atoms with Gasteiger partial charge in [-0.3, -0.25) is 9.52 Å². The van der Waals surface area contributed by atoms with Gasteiger partial charge in [0.15, 0.2) is 0 Å². The molecule has 1 aromatic carbocycles. The molecule has 116 valence electrons. The molecule has 0 unspecified atom stereocenters. The number of benzene rings is 1. The number of piperazine rings is 1. The van der Waals surface area contributed by atoms with E-state index >= 15 is 0 Å². The summed E-state index contributed by atoms with van der Waals surface area (Å²) >= 11 is 0. The van der Waals surface area contributed by atoms with Crippen molar-refractivity contribution in [1.82, 2.24) is 4.90 Å². The molecule has 21 heavy (non-hydrogen) atoms. The van der Waals surface area contributed by atoms with Gasteiger partial charge in [0.2, 0.25) is 15.9 Å². The molecule has 0 spiro atoms. The topological polar surface area (TPSA) is 69.7 Å². The van der Waals surface area contributed by atoms with Crippen LogP contribution in [0.3, 0.4) is 0 Å². The standard InChI is InChI=1S/C14H21N3O3S/c1-11-10-13(4-5-14(11)15-21(3,19)20)17-8-6-16(7-9-17)12(2)18/h4-5,10,15H,6-9H2,1-3H3. The molecule has 1 saturated heterocycles. The van der Waals surface area contributed by atoms with Crippen LogP contribution in [-0.2, 0) is 14.8 Å². The van der Waals surface area contributed by atoms with Gasteiger partial charge in [0.1, 0.15) is 0 Å². The summed E-state index contributed by atoms with van der Waals surface area (Å²) in [6, 6.07) is 5.66. The molecule has 6 nitrogen and oxygen atoms in total. The van der Waals surface area contributed by atoms with E-state index in [1.54, 1.807) is 13.0 Å². The van der Waals surface area contributed by atoms with E-state index in [1.807, 2.05) is 24.0 Å². The molecule has 0 saturated carbocycles. The van der Waals surface area contributed by atoms with E-state index in [4.69, 9.17) is 0 Å². The summed E-state index contributed by atoms with van der Waals surface area (Å²) in [6.07, 6.45) is 1.14. The Hall–Kier alpha value is -1.76. The van der Waals surface area contributed by atoms with Gasteiger partial charge in [-0.05, 0) is 30.7 Å². The van der Waals surface area contributed by atoms with Crippen molar-refractivity contribution in [1.29, 1.82) is 0 Å². The number of aryl methyl sites for hydroxylation is 1. The molecule has 1 aliphatic rings. The number of anilines is 2. The van der Waals surface area contributed by atoms with Crippen LogP contribution >= 0.6 is 0 Å². The first-order chi connectivity index (χ1) is 9.76. The van der Waals surface area contributed by atoms with Crippen LogP contribution in [0, 0.1) is 6.92 Å². The lowest BCUT2D eigenvalue weighted by atomic mass is 10.1. The smallest absolute Gasteiger partial charge is 0.229 e. The summed E-state index contributed by atoms with van der Waals surface area (Å²) in [5.74, 6) is 0.110. The maximum atomic E-state index is 11.3. The van der Waals surface area contributed by atoms with Gasteiger partial charge >= 0.3 is 0 Å². The third-order valence-corrected chi connectivity index (χ3v) is 4.19. The van der Waals surface area contributed by atoms with Crippen molar-refractivity contribution in [2.45, 2.75) is 13.8 Å². The van der Waals surface area contributed by atoms with Crippen molar-refractivity contribution in [3.8, 4) is 0 Å². The van der Waals surface area contributed by atoms with Gasteiger partial charge in [-0.15, -0.1) is 0 Å². The Labute approximate surface area is 125 Å². The Morgan fingerprint density at radius 2 is 1.81 bits per heavy atom. The zero-order valence-electron chi connectivity index (χ0n) is 12.6. The molecule has 1 heterocycles. The van der Waals surface area contributed by atoms with Crippen molar-refractivity contribution in [2.75, 3.05) is 42.1 Å². The molecule has 0 aliphatic carbocycles. The molecular weight excluding hydrogens is 290 g/mol. The number of carbonyl (C=O) groups excluding carboxylic acids is 1. The average Bonchev–Trinajstić information content (AvgIpc) is 2.40. The summed E-state index contributed by atoms with van der Waals surface area (Å²) in [7, 11) is -3.26. The fraction of sp³-hybridized carbons (Fsp3) is 0.500. The van der Waals surface area contributed by atoms with Gasteiger partial charge < -0.3 is 9.80 Å². The number of hydrogen-bond acceptors (Lipinski definition) is 4. The monoisotopic (exact) mass is 311 g/mol. The maximum Gasteiger partial charge on any atom is 0.229 e. The molecule has 7 heteroatoms. The van der Waals surface area contributed by atoms with E-state index in [9.17, 15) is 13.2 Å². The summed E-state index contributed by atoms with van der Waals surface area (Å²) < 4.78 is 25.1. The SMILES string of the molecule is CC(=O)N1CCN(c2ccc(NS(C)(=O)=O)c(C)c2)CC1. The number of nitrogens with one attached hydrogen (secondary N) is 1. The predicted octanol–water partition coefficient (Wildman–Crippen LogP) is 1.04. The summed E-state index contributed by atoms with van der Waals surface area (Å²) in [6.45, 7) is 6.49. The van der Waals surface area contributed by atoms with Gasteiger partial charge in [0.25, 0.3) is 0 Å². The molecule has 0 aromatic heterocycles. The van der Waals surface area contributed by atoms with Gasteiger partial charge in [0.05, 0.1) is 11.9 Å². The molecule has 1 aromatic rings. The Morgan fingerprint density at radius 1 is 1.19 bits per heavy atom. The molecule has 0 bridgehead atoms. The Kier molecular flexibility index (Phi) is 4.41. The minimum Gasteiger partial charge on any atom is -0.368 e. The molecular formula is C14H21N3O3S. The van der Waals surface area contributed by atoms with Crippen LogP contribution in [0.2, 0.25) is 0 Å². The number of amides is 1. The number of sulfonamides is 1. The molecule has 0 radical (unpaired) electrons. The zero-order valence-corrected chi connectivity index (χ0v) is 13.4. The van der Waals surface area contributed by atoms with Gasteiger partial charge in [-0.25, -0.2) is 8.42 Å². The highest BCUT2D eigenvalue weighted by atomic mass is 32.2. The normalized spacial score (nSPS) is 16.0. The molecule has 0 atom stereocenters. The lowest BCUT2D eigenvalue weighted by Gasteiger charge is -2.35. The Bertz CT molecular complexity index is 635. The van der Waals surface area contributed by atoms with Crippen LogP contribution in [0.15, 0.2) is 18.2 Å². The van der Waals surface area contributed by atoms with Crippen LogP contribution in [-0.4, -0.2) is 51.7 Å². The Morgan fingerprint density at radius 3 is 2.29 bits per heavy atom.